The van der Waals surface area contributed by atoms with Gasteiger partial charge in [-0.2, -0.15) is 0 Å². The Labute approximate surface area is 106 Å². The second-order valence-electron chi connectivity index (χ2n) is 2.94. The second kappa shape index (κ2) is 8.15. The summed E-state index contributed by atoms with van der Waals surface area (Å²) >= 11 is 0. The number of halogens is 2. The maximum atomic E-state index is 10.7. The van der Waals surface area contributed by atoms with Crippen LogP contribution >= 0.6 is 24.8 Å². The van der Waals surface area contributed by atoms with E-state index in [1.807, 2.05) is 0 Å². The van der Waals surface area contributed by atoms with Gasteiger partial charge in [-0.25, -0.2) is 0 Å². The first kappa shape index (κ1) is 17.4. The molecule has 0 unspecified atom stereocenters. The SMILES string of the molecule is CN[C@@H](Cc1cncc(O)c1)C(=O)O.Cl.Cl. The van der Waals surface area contributed by atoms with Crippen LogP contribution in [0, 0.1) is 0 Å². The molecule has 0 aliphatic heterocycles. The Balaban J connectivity index is 0. The topological polar surface area (TPSA) is 82.5 Å². The molecule has 1 aromatic heterocycles. The van der Waals surface area contributed by atoms with Crippen LogP contribution in [0.5, 0.6) is 5.75 Å². The minimum atomic E-state index is -0.921. The van der Waals surface area contributed by atoms with E-state index in [4.69, 9.17) is 10.2 Å². The van der Waals surface area contributed by atoms with Gasteiger partial charge in [0.25, 0.3) is 0 Å². The van der Waals surface area contributed by atoms with Crippen molar-refractivity contribution in [3.05, 3.63) is 24.0 Å². The molecule has 0 saturated carbocycles. The first-order chi connectivity index (χ1) is 6.63. The molecule has 1 atom stereocenters. The average Bonchev–Trinajstić information content (AvgIpc) is 2.14. The molecular weight excluding hydrogens is 255 g/mol. The first-order valence-electron chi connectivity index (χ1n) is 4.16. The Kier molecular flexibility index (Phi) is 8.84. The molecule has 0 aromatic carbocycles. The molecule has 5 nitrogen and oxygen atoms in total. The zero-order valence-corrected chi connectivity index (χ0v) is 10.2. The van der Waals surface area contributed by atoms with Crippen molar-refractivity contribution in [3.8, 4) is 5.75 Å². The molecule has 0 fully saturated rings. The highest BCUT2D eigenvalue weighted by Gasteiger charge is 2.15. The van der Waals surface area contributed by atoms with Gasteiger partial charge < -0.3 is 15.5 Å². The van der Waals surface area contributed by atoms with E-state index in [-0.39, 0.29) is 30.6 Å². The number of aliphatic carboxylic acids is 1. The summed E-state index contributed by atoms with van der Waals surface area (Å²) in [6, 6.07) is 0.846. The van der Waals surface area contributed by atoms with E-state index in [0.717, 1.165) is 0 Å². The lowest BCUT2D eigenvalue weighted by Crippen LogP contribution is -2.35. The molecule has 0 bridgehead atoms. The first-order valence-corrected chi connectivity index (χ1v) is 4.16. The molecule has 0 radical (unpaired) electrons. The van der Waals surface area contributed by atoms with E-state index >= 15 is 0 Å². The van der Waals surface area contributed by atoms with E-state index in [0.29, 0.717) is 12.0 Å². The smallest absolute Gasteiger partial charge is 0.321 e. The van der Waals surface area contributed by atoms with E-state index in [1.165, 1.54) is 18.5 Å². The van der Waals surface area contributed by atoms with Gasteiger partial charge in [-0.1, -0.05) is 0 Å². The number of nitrogens with one attached hydrogen (secondary N) is 1. The van der Waals surface area contributed by atoms with Crippen molar-refractivity contribution in [2.75, 3.05) is 7.05 Å². The highest BCUT2D eigenvalue weighted by atomic mass is 35.5. The summed E-state index contributed by atoms with van der Waals surface area (Å²) in [5.41, 5.74) is 0.687. The van der Waals surface area contributed by atoms with Crippen LogP contribution in [0.4, 0.5) is 0 Å². The third-order valence-electron chi connectivity index (χ3n) is 1.87. The van der Waals surface area contributed by atoms with Crippen molar-refractivity contribution in [1.29, 1.82) is 0 Å². The predicted molar refractivity (Wildman–Crippen MR) is 64.6 cm³/mol. The minimum Gasteiger partial charge on any atom is -0.506 e. The third kappa shape index (κ3) is 5.16. The van der Waals surface area contributed by atoms with E-state index < -0.39 is 12.0 Å². The van der Waals surface area contributed by atoms with Crippen LogP contribution < -0.4 is 5.32 Å². The van der Waals surface area contributed by atoms with Crippen LogP contribution in [-0.2, 0) is 11.2 Å². The number of hydrogen-bond donors (Lipinski definition) is 3. The molecule has 0 saturated heterocycles. The number of carbonyl (C=O) groups is 1. The molecule has 7 heteroatoms. The summed E-state index contributed by atoms with van der Waals surface area (Å²) < 4.78 is 0. The van der Waals surface area contributed by atoms with Crippen molar-refractivity contribution < 1.29 is 15.0 Å². The molecule has 1 heterocycles. The number of hydrogen-bond acceptors (Lipinski definition) is 4. The Bertz CT molecular complexity index is 336. The van der Waals surface area contributed by atoms with Crippen LogP contribution in [0.2, 0.25) is 0 Å². The monoisotopic (exact) mass is 268 g/mol. The normalized spacial score (nSPS) is 10.8. The molecule has 16 heavy (non-hydrogen) atoms. The van der Waals surface area contributed by atoms with Crippen LogP contribution in [0.25, 0.3) is 0 Å². The zero-order valence-electron chi connectivity index (χ0n) is 8.58. The number of likely N-dealkylation sites (N-methyl/N-ethyl adjacent to an activating group) is 1. The van der Waals surface area contributed by atoms with Gasteiger partial charge in [0.2, 0.25) is 0 Å². The van der Waals surface area contributed by atoms with E-state index in [2.05, 4.69) is 10.3 Å². The standard InChI is InChI=1S/C9H12N2O3.2ClH/c1-10-8(9(13)14)3-6-2-7(12)5-11-4-6;;/h2,4-5,8,10,12H,3H2,1H3,(H,13,14);2*1H/t8-;;/m0../s1. The minimum absolute atomic E-state index is 0. The Morgan fingerprint density at radius 3 is 2.56 bits per heavy atom. The van der Waals surface area contributed by atoms with Crippen LogP contribution in [0.1, 0.15) is 5.56 Å². The van der Waals surface area contributed by atoms with Gasteiger partial charge >= 0.3 is 5.97 Å². The van der Waals surface area contributed by atoms with Crippen molar-refractivity contribution in [3.63, 3.8) is 0 Å². The van der Waals surface area contributed by atoms with Crippen molar-refractivity contribution in [2.45, 2.75) is 12.5 Å². The summed E-state index contributed by atoms with van der Waals surface area (Å²) in [5, 5.41) is 20.5. The Hall–Kier alpha value is -1.04. The summed E-state index contributed by atoms with van der Waals surface area (Å²) in [6.45, 7) is 0. The molecule has 0 aliphatic carbocycles. The van der Waals surface area contributed by atoms with Gasteiger partial charge in [-0.05, 0) is 18.7 Å². The number of aromatic hydroxyl groups is 1. The summed E-state index contributed by atoms with van der Waals surface area (Å²) in [4.78, 5) is 14.4. The van der Waals surface area contributed by atoms with Gasteiger partial charge in [0, 0.05) is 12.6 Å². The van der Waals surface area contributed by atoms with Gasteiger partial charge in [-0.15, -0.1) is 24.8 Å². The molecule has 0 amide bonds. The van der Waals surface area contributed by atoms with Crippen molar-refractivity contribution in [2.24, 2.45) is 0 Å². The fourth-order valence-corrected chi connectivity index (χ4v) is 1.13. The molecule has 1 aromatic rings. The van der Waals surface area contributed by atoms with Crippen LogP contribution in [-0.4, -0.2) is 34.3 Å². The molecular formula is C9H14Cl2N2O3. The Morgan fingerprint density at radius 2 is 2.12 bits per heavy atom. The maximum absolute atomic E-state index is 10.7. The Morgan fingerprint density at radius 1 is 1.50 bits per heavy atom. The number of nitrogens with zero attached hydrogens (tertiary/aromatic N) is 1. The third-order valence-corrected chi connectivity index (χ3v) is 1.87. The number of pyridine rings is 1. The maximum Gasteiger partial charge on any atom is 0.321 e. The fraction of sp³-hybridized carbons (Fsp3) is 0.333. The summed E-state index contributed by atoms with van der Waals surface area (Å²) in [5.74, 6) is -0.876. The molecule has 1 rings (SSSR count). The van der Waals surface area contributed by atoms with Gasteiger partial charge in [0.15, 0.2) is 0 Å². The largest absolute Gasteiger partial charge is 0.506 e. The molecule has 92 valence electrons. The highest BCUT2D eigenvalue weighted by molar-refractivity contribution is 5.85. The van der Waals surface area contributed by atoms with Gasteiger partial charge in [0.05, 0.1) is 6.20 Å². The number of carboxylic acids is 1. The number of aromatic nitrogens is 1. The van der Waals surface area contributed by atoms with Crippen molar-refractivity contribution >= 4 is 30.8 Å². The average molecular weight is 269 g/mol. The molecule has 0 spiro atoms. The fourth-order valence-electron chi connectivity index (χ4n) is 1.13. The van der Waals surface area contributed by atoms with Crippen LogP contribution in [0.15, 0.2) is 18.5 Å². The lowest BCUT2D eigenvalue weighted by Gasteiger charge is -2.10. The zero-order chi connectivity index (χ0) is 10.6. The van der Waals surface area contributed by atoms with E-state index in [9.17, 15) is 4.79 Å². The van der Waals surface area contributed by atoms with Gasteiger partial charge in [0.1, 0.15) is 11.8 Å². The predicted octanol–water partition coefficient (Wildman–Crippen LogP) is 0.846. The van der Waals surface area contributed by atoms with Crippen LogP contribution in [0.3, 0.4) is 0 Å². The lowest BCUT2D eigenvalue weighted by molar-refractivity contribution is -0.139. The number of rotatable bonds is 4. The molecule has 0 aliphatic rings. The second-order valence-corrected chi connectivity index (χ2v) is 2.94. The summed E-state index contributed by atoms with van der Waals surface area (Å²) in [7, 11) is 1.58. The lowest BCUT2D eigenvalue weighted by atomic mass is 10.1. The van der Waals surface area contributed by atoms with Gasteiger partial charge in [-0.3, -0.25) is 9.78 Å². The highest BCUT2D eigenvalue weighted by Crippen LogP contribution is 2.10. The quantitative estimate of drug-likeness (QED) is 0.754. The number of carboxylic acid groups (broad SMARTS) is 1. The summed E-state index contributed by atoms with van der Waals surface area (Å²) in [6.07, 6.45) is 3.14. The van der Waals surface area contributed by atoms with Crippen molar-refractivity contribution in [1.82, 2.24) is 10.3 Å². The molecule has 3 N–H and O–H groups in total. The van der Waals surface area contributed by atoms with E-state index in [1.54, 1.807) is 7.05 Å².